The molecule has 0 radical (unpaired) electrons. The molecule has 0 aliphatic rings. The molecule has 0 bridgehead atoms. The van der Waals surface area contributed by atoms with Gasteiger partial charge in [0.15, 0.2) is 11.5 Å². The van der Waals surface area contributed by atoms with Crippen molar-refractivity contribution in [2.75, 3.05) is 0 Å². The Bertz CT molecular complexity index is 540. The number of para-hydroxylation sites is 1. The van der Waals surface area contributed by atoms with Gasteiger partial charge in [-0.15, -0.1) is 0 Å². The number of benzene rings is 2. The number of nitrogens with one attached hydrogen (secondary N) is 1. The first kappa shape index (κ1) is 14.4. The summed E-state index contributed by atoms with van der Waals surface area (Å²) in [5, 5.41) is 22.5. The van der Waals surface area contributed by atoms with Crippen LogP contribution in [0.5, 0.6) is 11.5 Å². The second-order valence-electron chi connectivity index (χ2n) is 5.09. The van der Waals surface area contributed by atoms with Gasteiger partial charge in [-0.05, 0) is 31.4 Å². The molecule has 0 aliphatic carbocycles. The molecular weight excluding hydrogens is 250 g/mol. The topological polar surface area (TPSA) is 52.5 Å². The minimum atomic E-state index is -0.0683. The first-order chi connectivity index (χ1) is 9.66. The molecule has 0 fully saturated rings. The van der Waals surface area contributed by atoms with Crippen LogP contribution in [0, 0.1) is 0 Å². The normalized spacial score (nSPS) is 12.2. The van der Waals surface area contributed by atoms with E-state index >= 15 is 0 Å². The van der Waals surface area contributed by atoms with Crippen LogP contribution >= 0.6 is 0 Å². The van der Waals surface area contributed by atoms with E-state index in [1.165, 1.54) is 11.6 Å². The van der Waals surface area contributed by atoms with Crippen molar-refractivity contribution in [3.63, 3.8) is 0 Å². The van der Waals surface area contributed by atoms with E-state index in [2.05, 4.69) is 36.5 Å². The van der Waals surface area contributed by atoms with Gasteiger partial charge in [-0.2, -0.15) is 0 Å². The number of hydrogen-bond acceptors (Lipinski definition) is 3. The molecule has 106 valence electrons. The highest BCUT2D eigenvalue weighted by molar-refractivity contribution is 5.44. The molecule has 1 atom stereocenters. The number of aryl methyl sites for hydroxylation is 1. The van der Waals surface area contributed by atoms with E-state index in [0.29, 0.717) is 12.6 Å². The third-order valence-electron chi connectivity index (χ3n) is 3.45. The van der Waals surface area contributed by atoms with E-state index < -0.39 is 0 Å². The van der Waals surface area contributed by atoms with Gasteiger partial charge in [0.25, 0.3) is 0 Å². The van der Waals surface area contributed by atoms with E-state index in [1.807, 2.05) is 12.1 Å². The predicted molar refractivity (Wildman–Crippen MR) is 80.8 cm³/mol. The highest BCUT2D eigenvalue weighted by Gasteiger charge is 2.07. The van der Waals surface area contributed by atoms with Crippen molar-refractivity contribution >= 4 is 0 Å². The minimum Gasteiger partial charge on any atom is -0.504 e. The lowest BCUT2D eigenvalue weighted by Gasteiger charge is -2.14. The molecule has 0 spiro atoms. The Labute approximate surface area is 119 Å². The predicted octanol–water partition coefficient (Wildman–Crippen LogP) is 3.21. The Hall–Kier alpha value is -2.00. The Morgan fingerprint density at radius 2 is 1.75 bits per heavy atom. The number of hydrogen-bond donors (Lipinski definition) is 3. The SMILES string of the molecule is CC(CCc1ccccc1)NCc1cccc(O)c1O. The highest BCUT2D eigenvalue weighted by atomic mass is 16.3. The first-order valence-electron chi connectivity index (χ1n) is 6.94. The second kappa shape index (κ2) is 6.96. The fourth-order valence-electron chi connectivity index (χ4n) is 2.13. The van der Waals surface area contributed by atoms with Crippen LogP contribution < -0.4 is 5.32 Å². The van der Waals surface area contributed by atoms with Crippen LogP contribution in [-0.2, 0) is 13.0 Å². The third kappa shape index (κ3) is 4.00. The van der Waals surface area contributed by atoms with Crippen LogP contribution in [0.4, 0.5) is 0 Å². The van der Waals surface area contributed by atoms with Crippen molar-refractivity contribution in [2.45, 2.75) is 32.4 Å². The van der Waals surface area contributed by atoms with E-state index in [9.17, 15) is 10.2 Å². The minimum absolute atomic E-state index is 0.0322. The average molecular weight is 271 g/mol. The molecule has 2 aromatic rings. The van der Waals surface area contributed by atoms with Crippen LogP contribution in [0.25, 0.3) is 0 Å². The van der Waals surface area contributed by atoms with Gasteiger partial charge in [0.05, 0.1) is 0 Å². The maximum atomic E-state index is 9.73. The quantitative estimate of drug-likeness (QED) is 0.707. The van der Waals surface area contributed by atoms with Gasteiger partial charge >= 0.3 is 0 Å². The Kier molecular flexibility index (Phi) is 5.02. The molecular formula is C17H21NO2. The van der Waals surface area contributed by atoms with Crippen molar-refractivity contribution in [1.29, 1.82) is 0 Å². The molecule has 20 heavy (non-hydrogen) atoms. The van der Waals surface area contributed by atoms with Crippen LogP contribution in [-0.4, -0.2) is 16.3 Å². The van der Waals surface area contributed by atoms with E-state index in [-0.39, 0.29) is 11.5 Å². The highest BCUT2D eigenvalue weighted by Crippen LogP contribution is 2.27. The van der Waals surface area contributed by atoms with Crippen LogP contribution in [0.2, 0.25) is 0 Å². The average Bonchev–Trinajstić information content (AvgIpc) is 2.48. The molecule has 3 nitrogen and oxygen atoms in total. The van der Waals surface area contributed by atoms with Crippen LogP contribution in [0.15, 0.2) is 48.5 Å². The molecule has 3 heteroatoms. The monoisotopic (exact) mass is 271 g/mol. The molecule has 0 amide bonds. The summed E-state index contributed by atoms with van der Waals surface area (Å²) >= 11 is 0. The van der Waals surface area contributed by atoms with E-state index in [1.54, 1.807) is 6.07 Å². The fraction of sp³-hybridized carbons (Fsp3) is 0.294. The summed E-state index contributed by atoms with van der Waals surface area (Å²) in [6.45, 7) is 2.68. The summed E-state index contributed by atoms with van der Waals surface area (Å²) in [7, 11) is 0. The van der Waals surface area contributed by atoms with Gasteiger partial charge in [-0.3, -0.25) is 0 Å². The molecule has 0 saturated heterocycles. The summed E-state index contributed by atoms with van der Waals surface area (Å²) in [6, 6.07) is 15.8. The number of rotatable bonds is 6. The molecule has 1 unspecified atom stereocenters. The van der Waals surface area contributed by atoms with Crippen LogP contribution in [0.3, 0.4) is 0 Å². The van der Waals surface area contributed by atoms with Gasteiger partial charge < -0.3 is 15.5 Å². The van der Waals surface area contributed by atoms with Crippen molar-refractivity contribution in [2.24, 2.45) is 0 Å². The standard InChI is InChI=1S/C17H21NO2/c1-13(10-11-14-6-3-2-4-7-14)18-12-15-8-5-9-16(19)17(15)20/h2-9,13,18-20H,10-12H2,1H3. The Morgan fingerprint density at radius 1 is 1.00 bits per heavy atom. The van der Waals surface area contributed by atoms with Crippen LogP contribution in [0.1, 0.15) is 24.5 Å². The lowest BCUT2D eigenvalue weighted by atomic mass is 10.1. The van der Waals surface area contributed by atoms with Gasteiger partial charge in [0.1, 0.15) is 0 Å². The number of phenols is 2. The summed E-state index contributed by atoms with van der Waals surface area (Å²) in [5.41, 5.74) is 2.05. The maximum absolute atomic E-state index is 9.73. The smallest absolute Gasteiger partial charge is 0.161 e. The van der Waals surface area contributed by atoms with Gasteiger partial charge in [0, 0.05) is 18.2 Å². The number of phenolic OH excluding ortho intramolecular Hbond substituents is 2. The summed E-state index contributed by atoms with van der Waals surface area (Å²) in [4.78, 5) is 0. The lowest BCUT2D eigenvalue weighted by molar-refractivity contribution is 0.395. The van der Waals surface area contributed by atoms with Gasteiger partial charge in [-0.25, -0.2) is 0 Å². The second-order valence-corrected chi connectivity index (χ2v) is 5.09. The summed E-state index contributed by atoms with van der Waals surface area (Å²) < 4.78 is 0. The first-order valence-corrected chi connectivity index (χ1v) is 6.94. The molecule has 3 N–H and O–H groups in total. The zero-order valence-electron chi connectivity index (χ0n) is 11.7. The Morgan fingerprint density at radius 3 is 2.50 bits per heavy atom. The molecule has 0 saturated carbocycles. The van der Waals surface area contributed by atoms with E-state index in [4.69, 9.17) is 0 Å². The van der Waals surface area contributed by atoms with Crippen molar-refractivity contribution in [3.8, 4) is 11.5 Å². The van der Waals surface area contributed by atoms with Crippen molar-refractivity contribution in [3.05, 3.63) is 59.7 Å². The van der Waals surface area contributed by atoms with Gasteiger partial charge in [0.2, 0.25) is 0 Å². The Balaban J connectivity index is 1.80. The largest absolute Gasteiger partial charge is 0.504 e. The zero-order valence-corrected chi connectivity index (χ0v) is 11.7. The zero-order chi connectivity index (χ0) is 14.4. The maximum Gasteiger partial charge on any atom is 0.161 e. The molecule has 0 aromatic heterocycles. The lowest BCUT2D eigenvalue weighted by Crippen LogP contribution is -2.26. The van der Waals surface area contributed by atoms with E-state index in [0.717, 1.165) is 18.4 Å². The summed E-state index contributed by atoms with van der Waals surface area (Å²) in [5.74, 6) is -0.100. The van der Waals surface area contributed by atoms with Gasteiger partial charge in [-0.1, -0.05) is 42.5 Å². The summed E-state index contributed by atoms with van der Waals surface area (Å²) in [6.07, 6.45) is 2.06. The molecule has 0 aliphatic heterocycles. The van der Waals surface area contributed by atoms with Crippen molar-refractivity contribution < 1.29 is 10.2 Å². The third-order valence-corrected chi connectivity index (χ3v) is 3.45. The number of aromatic hydroxyl groups is 2. The van der Waals surface area contributed by atoms with Crippen molar-refractivity contribution in [1.82, 2.24) is 5.32 Å². The molecule has 0 heterocycles. The molecule has 2 aromatic carbocycles. The molecule has 2 rings (SSSR count). The fourth-order valence-corrected chi connectivity index (χ4v) is 2.13.